The summed E-state index contributed by atoms with van der Waals surface area (Å²) in [6.07, 6.45) is 3.59. The minimum Gasteiger partial charge on any atom is -0.497 e. The number of aliphatic hydroxyl groups is 1. The summed E-state index contributed by atoms with van der Waals surface area (Å²) in [5.41, 5.74) is 1.20. The molecular formula is C19H26O2. The van der Waals surface area contributed by atoms with Gasteiger partial charge in [0, 0.05) is 0 Å². The standard InChI is InChI=1S/C19H26O2/c1-14(2)6-4-9-17(20)12-16-8-5-7-15-10-11-18(21-3)13-19(15)16/h5,7-8,10-11,13-14,17,20H,4,6,9,12H2,1-3H3. The molecule has 2 rings (SSSR count). The maximum absolute atomic E-state index is 10.3. The average molecular weight is 286 g/mol. The molecule has 114 valence electrons. The first-order chi connectivity index (χ1) is 10.1. The second kappa shape index (κ2) is 7.46. The molecule has 0 heterocycles. The molecule has 0 amide bonds. The Kier molecular flexibility index (Phi) is 5.63. The van der Waals surface area contributed by atoms with Crippen LogP contribution in [-0.4, -0.2) is 18.3 Å². The van der Waals surface area contributed by atoms with Crippen LogP contribution >= 0.6 is 0 Å². The van der Waals surface area contributed by atoms with Crippen LogP contribution in [0.3, 0.4) is 0 Å². The third-order valence-corrected chi connectivity index (χ3v) is 3.95. The molecule has 0 aliphatic heterocycles. The number of rotatable bonds is 7. The smallest absolute Gasteiger partial charge is 0.119 e. The highest BCUT2D eigenvalue weighted by atomic mass is 16.5. The van der Waals surface area contributed by atoms with Crippen LogP contribution in [0.15, 0.2) is 36.4 Å². The van der Waals surface area contributed by atoms with E-state index in [0.29, 0.717) is 12.3 Å². The quantitative estimate of drug-likeness (QED) is 0.807. The molecule has 0 saturated carbocycles. The normalized spacial score (nSPS) is 12.8. The van der Waals surface area contributed by atoms with E-state index in [9.17, 15) is 5.11 Å². The molecule has 1 N–H and O–H groups in total. The largest absolute Gasteiger partial charge is 0.497 e. The summed E-state index contributed by atoms with van der Waals surface area (Å²) in [7, 11) is 1.69. The van der Waals surface area contributed by atoms with Gasteiger partial charge in [-0.05, 0) is 47.2 Å². The van der Waals surface area contributed by atoms with Gasteiger partial charge < -0.3 is 9.84 Å². The number of hydrogen-bond donors (Lipinski definition) is 1. The number of hydrogen-bond acceptors (Lipinski definition) is 2. The van der Waals surface area contributed by atoms with E-state index in [0.717, 1.165) is 18.6 Å². The van der Waals surface area contributed by atoms with Gasteiger partial charge in [0.05, 0.1) is 13.2 Å². The maximum Gasteiger partial charge on any atom is 0.119 e. The second-order valence-corrected chi connectivity index (χ2v) is 6.19. The molecule has 0 radical (unpaired) electrons. The molecule has 21 heavy (non-hydrogen) atoms. The molecule has 0 aliphatic rings. The van der Waals surface area contributed by atoms with Crippen molar-refractivity contribution in [2.24, 2.45) is 5.92 Å². The Bertz CT molecular complexity index is 575. The molecule has 2 aromatic carbocycles. The molecule has 2 aromatic rings. The van der Waals surface area contributed by atoms with E-state index in [1.54, 1.807) is 7.11 Å². The lowest BCUT2D eigenvalue weighted by molar-refractivity contribution is 0.160. The zero-order valence-corrected chi connectivity index (χ0v) is 13.3. The van der Waals surface area contributed by atoms with Gasteiger partial charge in [-0.3, -0.25) is 0 Å². The predicted molar refractivity (Wildman–Crippen MR) is 88.9 cm³/mol. The van der Waals surface area contributed by atoms with Gasteiger partial charge >= 0.3 is 0 Å². The molecule has 1 unspecified atom stereocenters. The Morgan fingerprint density at radius 1 is 1.10 bits per heavy atom. The molecule has 0 saturated heterocycles. The highest BCUT2D eigenvalue weighted by Gasteiger charge is 2.09. The van der Waals surface area contributed by atoms with E-state index in [2.05, 4.69) is 44.2 Å². The second-order valence-electron chi connectivity index (χ2n) is 6.19. The topological polar surface area (TPSA) is 29.5 Å². The lowest BCUT2D eigenvalue weighted by Crippen LogP contribution is -2.11. The highest BCUT2D eigenvalue weighted by Crippen LogP contribution is 2.25. The SMILES string of the molecule is COc1ccc2cccc(CC(O)CCCC(C)C)c2c1. The van der Waals surface area contributed by atoms with Crippen LogP contribution in [0.5, 0.6) is 5.75 Å². The molecule has 2 nitrogen and oxygen atoms in total. The molecule has 1 atom stereocenters. The van der Waals surface area contributed by atoms with Crippen LogP contribution in [0.4, 0.5) is 0 Å². The van der Waals surface area contributed by atoms with Crippen molar-refractivity contribution in [3.63, 3.8) is 0 Å². The van der Waals surface area contributed by atoms with E-state index in [-0.39, 0.29) is 6.10 Å². The Morgan fingerprint density at radius 2 is 1.90 bits per heavy atom. The molecule has 0 bridgehead atoms. The summed E-state index contributed by atoms with van der Waals surface area (Å²) in [4.78, 5) is 0. The van der Waals surface area contributed by atoms with Crippen LogP contribution in [0.2, 0.25) is 0 Å². The summed E-state index contributed by atoms with van der Waals surface area (Å²) >= 11 is 0. The number of methoxy groups -OCH3 is 1. The number of fused-ring (bicyclic) bond motifs is 1. The third-order valence-electron chi connectivity index (χ3n) is 3.95. The van der Waals surface area contributed by atoms with Crippen molar-refractivity contribution in [3.8, 4) is 5.75 Å². The van der Waals surface area contributed by atoms with E-state index < -0.39 is 0 Å². The van der Waals surface area contributed by atoms with Crippen molar-refractivity contribution in [1.82, 2.24) is 0 Å². The summed E-state index contributed by atoms with van der Waals surface area (Å²) in [5, 5.41) is 12.6. The van der Waals surface area contributed by atoms with E-state index >= 15 is 0 Å². The summed E-state index contributed by atoms with van der Waals surface area (Å²) in [5.74, 6) is 1.57. The Morgan fingerprint density at radius 3 is 2.62 bits per heavy atom. The highest BCUT2D eigenvalue weighted by molar-refractivity contribution is 5.87. The molecular weight excluding hydrogens is 260 g/mol. The zero-order chi connectivity index (χ0) is 15.2. The third kappa shape index (κ3) is 4.47. The number of ether oxygens (including phenoxy) is 1. The average Bonchev–Trinajstić information content (AvgIpc) is 2.46. The molecule has 0 aliphatic carbocycles. The lowest BCUT2D eigenvalue weighted by atomic mass is 9.96. The van der Waals surface area contributed by atoms with Gasteiger partial charge in [0.15, 0.2) is 0 Å². The minimum atomic E-state index is -0.263. The summed E-state index contributed by atoms with van der Waals surface area (Å²) < 4.78 is 5.31. The summed E-state index contributed by atoms with van der Waals surface area (Å²) in [6, 6.07) is 12.4. The first-order valence-corrected chi connectivity index (χ1v) is 7.84. The maximum atomic E-state index is 10.3. The Balaban J connectivity index is 2.10. The van der Waals surface area contributed by atoms with Gasteiger partial charge in [-0.2, -0.15) is 0 Å². The van der Waals surface area contributed by atoms with Crippen molar-refractivity contribution >= 4 is 10.8 Å². The van der Waals surface area contributed by atoms with Crippen LogP contribution in [0, 0.1) is 5.92 Å². The molecule has 0 fully saturated rings. The van der Waals surface area contributed by atoms with E-state index in [4.69, 9.17) is 4.74 Å². The van der Waals surface area contributed by atoms with Crippen molar-refractivity contribution in [1.29, 1.82) is 0 Å². The van der Waals surface area contributed by atoms with Crippen LogP contribution in [0.1, 0.15) is 38.7 Å². The summed E-state index contributed by atoms with van der Waals surface area (Å²) in [6.45, 7) is 4.45. The van der Waals surface area contributed by atoms with Gasteiger partial charge in [0.25, 0.3) is 0 Å². The Labute approximate surface area is 127 Å². The molecule has 0 spiro atoms. The van der Waals surface area contributed by atoms with Gasteiger partial charge in [0.2, 0.25) is 0 Å². The fraction of sp³-hybridized carbons (Fsp3) is 0.474. The minimum absolute atomic E-state index is 0.263. The van der Waals surface area contributed by atoms with Gasteiger partial charge in [-0.25, -0.2) is 0 Å². The van der Waals surface area contributed by atoms with Crippen LogP contribution < -0.4 is 4.74 Å². The van der Waals surface area contributed by atoms with Crippen molar-refractivity contribution in [2.75, 3.05) is 7.11 Å². The van der Waals surface area contributed by atoms with Crippen LogP contribution in [0.25, 0.3) is 10.8 Å². The number of benzene rings is 2. The molecule has 2 heteroatoms. The number of aliphatic hydroxyl groups excluding tert-OH is 1. The fourth-order valence-corrected chi connectivity index (χ4v) is 2.74. The van der Waals surface area contributed by atoms with Crippen molar-refractivity contribution in [3.05, 3.63) is 42.0 Å². The van der Waals surface area contributed by atoms with Gasteiger partial charge in [0.1, 0.15) is 5.75 Å². The van der Waals surface area contributed by atoms with Crippen molar-refractivity contribution < 1.29 is 9.84 Å². The van der Waals surface area contributed by atoms with E-state index in [1.165, 1.54) is 22.8 Å². The zero-order valence-electron chi connectivity index (χ0n) is 13.3. The Hall–Kier alpha value is -1.54. The van der Waals surface area contributed by atoms with Crippen LogP contribution in [-0.2, 0) is 6.42 Å². The molecule has 0 aromatic heterocycles. The predicted octanol–water partition coefficient (Wildman–Crippen LogP) is 4.58. The monoisotopic (exact) mass is 286 g/mol. The van der Waals surface area contributed by atoms with Crippen molar-refractivity contribution in [2.45, 2.75) is 45.6 Å². The first kappa shape index (κ1) is 15.8. The first-order valence-electron chi connectivity index (χ1n) is 7.84. The fourth-order valence-electron chi connectivity index (χ4n) is 2.74. The lowest BCUT2D eigenvalue weighted by Gasteiger charge is -2.14. The van der Waals surface area contributed by atoms with Gasteiger partial charge in [-0.15, -0.1) is 0 Å². The van der Waals surface area contributed by atoms with Gasteiger partial charge in [-0.1, -0.05) is 51.0 Å². The van der Waals surface area contributed by atoms with E-state index in [1.807, 2.05) is 6.07 Å².